The van der Waals surface area contributed by atoms with Crippen molar-refractivity contribution >= 4 is 17.8 Å². The third-order valence-electron chi connectivity index (χ3n) is 6.37. The van der Waals surface area contributed by atoms with Crippen molar-refractivity contribution in [2.24, 2.45) is 11.8 Å². The van der Waals surface area contributed by atoms with Crippen LogP contribution >= 0.6 is 0 Å². The van der Waals surface area contributed by atoms with Crippen molar-refractivity contribution in [3.63, 3.8) is 0 Å². The van der Waals surface area contributed by atoms with Gasteiger partial charge in [0.25, 0.3) is 11.8 Å². The van der Waals surface area contributed by atoms with Gasteiger partial charge in [-0.05, 0) is 71.2 Å². The molecule has 3 atom stereocenters. The fraction of sp³-hybridized carbons (Fsp3) is 0.462. The number of aromatic nitrogens is 1. The van der Waals surface area contributed by atoms with Gasteiger partial charge in [-0.3, -0.25) is 24.3 Å². The molecule has 1 unspecified atom stereocenters. The van der Waals surface area contributed by atoms with Crippen LogP contribution in [0.2, 0.25) is 0 Å². The van der Waals surface area contributed by atoms with Gasteiger partial charge in [0.2, 0.25) is 0 Å². The Morgan fingerprint density at radius 1 is 1.06 bits per heavy atom. The number of rotatable bonds is 5. The summed E-state index contributed by atoms with van der Waals surface area (Å²) in [6.07, 6.45) is 2.25. The van der Waals surface area contributed by atoms with Crippen LogP contribution in [-0.4, -0.2) is 51.4 Å². The Labute approximate surface area is 194 Å². The average Bonchev–Trinajstić information content (AvgIpc) is 3.12. The second kappa shape index (κ2) is 8.37. The molecule has 1 aromatic carbocycles. The zero-order chi connectivity index (χ0) is 24.0. The Morgan fingerprint density at radius 2 is 1.67 bits per heavy atom. The number of hydrogen-bond donors (Lipinski definition) is 1. The number of nitrogens with one attached hydrogen (secondary N) is 1. The Balaban J connectivity index is 1.65. The summed E-state index contributed by atoms with van der Waals surface area (Å²) in [5, 5.41) is 3.54. The maximum atomic E-state index is 13.3. The monoisotopic (exact) mass is 449 g/mol. The zero-order valence-electron chi connectivity index (χ0n) is 19.8. The predicted octanol–water partition coefficient (Wildman–Crippen LogP) is 3.24. The van der Waals surface area contributed by atoms with Crippen LogP contribution in [-0.2, 0) is 16.0 Å². The van der Waals surface area contributed by atoms with Gasteiger partial charge in [0.15, 0.2) is 0 Å². The van der Waals surface area contributed by atoms with Gasteiger partial charge in [-0.1, -0.05) is 18.2 Å². The molecule has 1 N–H and O–H groups in total. The highest BCUT2D eigenvalue weighted by molar-refractivity contribution is 6.21. The molecule has 7 heteroatoms. The number of pyridine rings is 1. The highest BCUT2D eigenvalue weighted by atomic mass is 16.6. The Morgan fingerprint density at radius 3 is 2.21 bits per heavy atom. The summed E-state index contributed by atoms with van der Waals surface area (Å²) in [6.45, 7) is 9.66. The fourth-order valence-corrected chi connectivity index (χ4v) is 5.08. The molecule has 2 aromatic rings. The Hall–Kier alpha value is -3.06. The van der Waals surface area contributed by atoms with Crippen LogP contribution < -0.4 is 5.32 Å². The number of fused-ring (bicyclic) bond motifs is 1. The van der Waals surface area contributed by atoms with Crippen LogP contribution in [0.4, 0.5) is 0 Å². The highest BCUT2D eigenvalue weighted by Gasteiger charge is 2.54. The third-order valence-corrected chi connectivity index (χ3v) is 6.37. The second-order valence-electron chi connectivity index (χ2n) is 10.4. The first-order valence-electron chi connectivity index (χ1n) is 11.3. The molecule has 174 valence electrons. The zero-order valence-corrected chi connectivity index (χ0v) is 19.8. The fourth-order valence-electron chi connectivity index (χ4n) is 5.08. The van der Waals surface area contributed by atoms with Gasteiger partial charge in [0.05, 0.1) is 17.0 Å². The van der Waals surface area contributed by atoms with Crippen molar-refractivity contribution in [3.8, 4) is 0 Å². The van der Waals surface area contributed by atoms with Gasteiger partial charge in [-0.25, -0.2) is 0 Å². The quantitative estimate of drug-likeness (QED) is 0.557. The molecule has 0 aliphatic carbocycles. The summed E-state index contributed by atoms with van der Waals surface area (Å²) in [5.41, 5.74) is 0.478. The van der Waals surface area contributed by atoms with E-state index in [0.29, 0.717) is 17.5 Å². The van der Waals surface area contributed by atoms with E-state index in [2.05, 4.69) is 10.3 Å². The van der Waals surface area contributed by atoms with E-state index in [1.807, 2.05) is 52.8 Å². The van der Waals surface area contributed by atoms with Crippen LogP contribution in [0, 0.1) is 11.8 Å². The molecule has 1 saturated heterocycles. The summed E-state index contributed by atoms with van der Waals surface area (Å²) in [7, 11) is 0. The minimum absolute atomic E-state index is 0.173. The smallest absolute Gasteiger partial charge is 0.311 e. The first-order valence-corrected chi connectivity index (χ1v) is 11.3. The van der Waals surface area contributed by atoms with Crippen molar-refractivity contribution in [1.29, 1.82) is 0 Å². The lowest BCUT2D eigenvalue weighted by Gasteiger charge is -2.31. The minimum atomic E-state index is -0.622. The average molecular weight is 450 g/mol. The molecule has 4 rings (SSSR count). The SMILES string of the molecule is CC(C)(C)OC(=O)C1[C@@H](Cc2ccccn2)[C@H](CN2C(=O)c3ccccc3C2=O)NC1(C)C. The van der Waals surface area contributed by atoms with E-state index in [1.54, 1.807) is 30.5 Å². The maximum absolute atomic E-state index is 13.3. The molecule has 2 amide bonds. The number of amides is 2. The van der Waals surface area contributed by atoms with Crippen molar-refractivity contribution in [1.82, 2.24) is 15.2 Å². The Kier molecular flexibility index (Phi) is 5.86. The number of esters is 1. The predicted molar refractivity (Wildman–Crippen MR) is 124 cm³/mol. The summed E-state index contributed by atoms with van der Waals surface area (Å²) in [5.74, 6) is -1.57. The van der Waals surface area contributed by atoms with Gasteiger partial charge < -0.3 is 10.1 Å². The lowest BCUT2D eigenvalue weighted by Crippen LogP contribution is -2.48. The standard InChI is InChI=1S/C26H31N3O4/c1-25(2,3)33-24(32)21-19(14-16-10-8-9-13-27-16)20(28-26(21,4)5)15-29-22(30)17-11-6-7-12-18(17)23(29)31/h6-13,19-21,28H,14-15H2,1-5H3/t19-,20-,21?/m0/s1. The molecule has 7 nitrogen and oxygen atoms in total. The van der Waals surface area contributed by atoms with E-state index in [9.17, 15) is 14.4 Å². The lowest BCUT2D eigenvalue weighted by atomic mass is 9.78. The molecule has 0 radical (unpaired) electrons. The number of nitrogens with zero attached hydrogens (tertiary/aromatic N) is 2. The molecule has 33 heavy (non-hydrogen) atoms. The van der Waals surface area contributed by atoms with Crippen molar-refractivity contribution in [2.75, 3.05) is 6.54 Å². The largest absolute Gasteiger partial charge is 0.460 e. The number of imide groups is 1. The third kappa shape index (κ3) is 4.55. The molecule has 0 spiro atoms. The molecule has 2 aliphatic heterocycles. The molecular weight excluding hydrogens is 418 g/mol. The van der Waals surface area contributed by atoms with Crippen molar-refractivity contribution < 1.29 is 19.1 Å². The topological polar surface area (TPSA) is 88.6 Å². The van der Waals surface area contributed by atoms with Crippen LogP contribution in [0.5, 0.6) is 0 Å². The maximum Gasteiger partial charge on any atom is 0.311 e. The van der Waals surface area contributed by atoms with E-state index in [1.165, 1.54) is 4.90 Å². The highest BCUT2D eigenvalue weighted by Crippen LogP contribution is 2.40. The van der Waals surface area contributed by atoms with Gasteiger partial charge in [-0.2, -0.15) is 0 Å². The van der Waals surface area contributed by atoms with E-state index in [0.717, 1.165) is 5.69 Å². The molecule has 2 aliphatic rings. The van der Waals surface area contributed by atoms with Crippen molar-refractivity contribution in [3.05, 3.63) is 65.5 Å². The lowest BCUT2D eigenvalue weighted by molar-refractivity contribution is -0.163. The van der Waals surface area contributed by atoms with E-state index < -0.39 is 17.1 Å². The van der Waals surface area contributed by atoms with E-state index in [4.69, 9.17) is 4.74 Å². The summed E-state index contributed by atoms with van der Waals surface area (Å²) < 4.78 is 5.79. The molecule has 1 aromatic heterocycles. The van der Waals surface area contributed by atoms with Crippen molar-refractivity contribution in [2.45, 2.75) is 58.2 Å². The molecule has 0 bridgehead atoms. The first kappa shape index (κ1) is 23.1. The van der Waals surface area contributed by atoms with E-state index in [-0.39, 0.29) is 36.3 Å². The van der Waals surface area contributed by atoms with Crippen LogP contribution in [0.15, 0.2) is 48.7 Å². The number of benzene rings is 1. The number of hydrogen-bond acceptors (Lipinski definition) is 6. The molecular formula is C26H31N3O4. The Bertz CT molecular complexity index is 1040. The number of ether oxygens (including phenoxy) is 1. The van der Waals surface area contributed by atoms with Crippen LogP contribution in [0.25, 0.3) is 0 Å². The van der Waals surface area contributed by atoms with Gasteiger partial charge in [-0.15, -0.1) is 0 Å². The minimum Gasteiger partial charge on any atom is -0.460 e. The normalized spacial score (nSPS) is 24.2. The summed E-state index contributed by atoms with van der Waals surface area (Å²) in [4.78, 5) is 45.1. The molecule has 3 heterocycles. The van der Waals surface area contributed by atoms with Crippen LogP contribution in [0.3, 0.4) is 0 Å². The second-order valence-corrected chi connectivity index (χ2v) is 10.4. The number of carbonyl (C=O) groups excluding carboxylic acids is 3. The molecule has 0 saturated carbocycles. The van der Waals surface area contributed by atoms with Crippen LogP contribution in [0.1, 0.15) is 61.0 Å². The van der Waals surface area contributed by atoms with Gasteiger partial charge in [0.1, 0.15) is 5.60 Å². The van der Waals surface area contributed by atoms with Gasteiger partial charge in [0, 0.05) is 30.0 Å². The van der Waals surface area contributed by atoms with Gasteiger partial charge >= 0.3 is 5.97 Å². The summed E-state index contributed by atoms with van der Waals surface area (Å²) in [6, 6.07) is 12.3. The molecule has 1 fully saturated rings. The van der Waals surface area contributed by atoms with E-state index >= 15 is 0 Å². The first-order chi connectivity index (χ1) is 15.5. The number of carbonyl (C=O) groups is 3. The summed E-state index contributed by atoms with van der Waals surface area (Å²) >= 11 is 0.